The lowest BCUT2D eigenvalue weighted by Crippen LogP contribution is -2.11. The highest BCUT2D eigenvalue weighted by Gasteiger charge is 2.15. The SMILES string of the molecule is Cc1oncc1C(=O)Nc1nc2ccc(Cl)cc2s1. The Bertz CT molecular complexity index is 765. The molecular formula is C12H8ClN3O2S. The Morgan fingerprint density at radius 3 is 3.05 bits per heavy atom. The molecule has 0 unspecified atom stereocenters. The van der Waals surface area contributed by atoms with Gasteiger partial charge in [0.05, 0.1) is 16.4 Å². The number of fused-ring (bicyclic) bond motifs is 1. The number of hydrogen-bond acceptors (Lipinski definition) is 5. The molecule has 0 saturated carbocycles. The maximum atomic E-state index is 12.0. The molecule has 0 aliphatic heterocycles. The number of hydrogen-bond donors (Lipinski definition) is 1. The van der Waals surface area contributed by atoms with Crippen molar-refractivity contribution < 1.29 is 9.32 Å². The van der Waals surface area contributed by atoms with Crippen molar-refractivity contribution in [2.45, 2.75) is 6.92 Å². The predicted octanol–water partition coefficient (Wildman–Crippen LogP) is 3.50. The van der Waals surface area contributed by atoms with E-state index in [2.05, 4.69) is 15.5 Å². The summed E-state index contributed by atoms with van der Waals surface area (Å²) in [6, 6.07) is 5.39. The van der Waals surface area contributed by atoms with Crippen molar-refractivity contribution in [1.29, 1.82) is 0 Å². The second-order valence-electron chi connectivity index (χ2n) is 3.88. The van der Waals surface area contributed by atoms with Gasteiger partial charge in [0.25, 0.3) is 5.91 Å². The number of anilines is 1. The molecule has 0 fully saturated rings. The summed E-state index contributed by atoms with van der Waals surface area (Å²) in [5, 5.41) is 7.45. The van der Waals surface area contributed by atoms with Crippen LogP contribution < -0.4 is 5.32 Å². The van der Waals surface area contributed by atoms with Gasteiger partial charge in [0.1, 0.15) is 11.3 Å². The molecule has 0 bridgehead atoms. The molecule has 0 radical (unpaired) electrons. The standard InChI is InChI=1S/C12H8ClN3O2S/c1-6-8(5-14-18-6)11(17)16-12-15-9-3-2-7(13)4-10(9)19-12/h2-5H,1H3,(H,15,16,17). The predicted molar refractivity (Wildman–Crippen MR) is 73.8 cm³/mol. The summed E-state index contributed by atoms with van der Waals surface area (Å²) in [5.41, 5.74) is 1.20. The first-order chi connectivity index (χ1) is 9.13. The lowest BCUT2D eigenvalue weighted by atomic mass is 10.2. The Morgan fingerprint density at radius 2 is 2.32 bits per heavy atom. The fourth-order valence-electron chi connectivity index (χ4n) is 1.63. The fraction of sp³-hybridized carbons (Fsp3) is 0.0833. The zero-order chi connectivity index (χ0) is 13.4. The summed E-state index contributed by atoms with van der Waals surface area (Å²) in [7, 11) is 0. The van der Waals surface area contributed by atoms with Gasteiger partial charge in [0, 0.05) is 5.02 Å². The van der Waals surface area contributed by atoms with Gasteiger partial charge in [-0.2, -0.15) is 0 Å². The van der Waals surface area contributed by atoms with Crippen molar-refractivity contribution in [3.05, 3.63) is 40.7 Å². The lowest BCUT2D eigenvalue weighted by molar-refractivity contribution is 0.102. The highest BCUT2D eigenvalue weighted by Crippen LogP contribution is 2.28. The van der Waals surface area contributed by atoms with Crippen LogP contribution in [0.5, 0.6) is 0 Å². The first-order valence-electron chi connectivity index (χ1n) is 5.42. The summed E-state index contributed by atoms with van der Waals surface area (Å²) in [6.45, 7) is 1.68. The number of nitrogens with one attached hydrogen (secondary N) is 1. The molecule has 1 N–H and O–H groups in total. The van der Waals surface area contributed by atoms with E-state index in [0.717, 1.165) is 10.2 Å². The van der Waals surface area contributed by atoms with Crippen molar-refractivity contribution in [1.82, 2.24) is 10.1 Å². The Balaban J connectivity index is 1.89. The van der Waals surface area contributed by atoms with Gasteiger partial charge in [0.15, 0.2) is 5.13 Å². The van der Waals surface area contributed by atoms with Gasteiger partial charge in [-0.1, -0.05) is 28.1 Å². The average molecular weight is 294 g/mol. The number of rotatable bonds is 2. The van der Waals surface area contributed by atoms with Crippen LogP contribution in [-0.4, -0.2) is 16.0 Å². The molecule has 0 spiro atoms. The average Bonchev–Trinajstić information content (AvgIpc) is 2.94. The summed E-state index contributed by atoms with van der Waals surface area (Å²) in [6.07, 6.45) is 1.38. The van der Waals surface area contributed by atoms with Crippen molar-refractivity contribution in [2.75, 3.05) is 5.32 Å². The molecule has 3 aromatic rings. The number of aromatic nitrogens is 2. The van der Waals surface area contributed by atoms with Crippen LogP contribution in [0.2, 0.25) is 5.02 Å². The third-order valence-electron chi connectivity index (χ3n) is 2.57. The van der Waals surface area contributed by atoms with E-state index in [-0.39, 0.29) is 5.91 Å². The van der Waals surface area contributed by atoms with Gasteiger partial charge >= 0.3 is 0 Å². The molecule has 5 nitrogen and oxygen atoms in total. The summed E-state index contributed by atoms with van der Waals surface area (Å²) >= 11 is 7.27. The second-order valence-corrected chi connectivity index (χ2v) is 5.35. The minimum Gasteiger partial charge on any atom is -0.361 e. The Morgan fingerprint density at radius 1 is 1.47 bits per heavy atom. The van der Waals surface area contributed by atoms with Crippen LogP contribution >= 0.6 is 22.9 Å². The van der Waals surface area contributed by atoms with Crippen LogP contribution in [0.1, 0.15) is 16.1 Å². The van der Waals surface area contributed by atoms with Crippen LogP contribution in [0.15, 0.2) is 28.9 Å². The molecule has 7 heteroatoms. The third-order valence-corrected chi connectivity index (χ3v) is 3.74. The molecule has 0 aliphatic rings. The molecule has 19 heavy (non-hydrogen) atoms. The summed E-state index contributed by atoms with van der Waals surface area (Å²) < 4.78 is 5.77. The lowest BCUT2D eigenvalue weighted by Gasteiger charge is -1.97. The summed E-state index contributed by atoms with van der Waals surface area (Å²) in [4.78, 5) is 16.3. The molecule has 1 amide bonds. The molecule has 1 aromatic carbocycles. The molecule has 0 atom stereocenters. The number of carbonyl (C=O) groups is 1. The Kier molecular flexibility index (Phi) is 2.96. The minimum atomic E-state index is -0.288. The zero-order valence-corrected chi connectivity index (χ0v) is 11.4. The first kappa shape index (κ1) is 12.1. The number of benzene rings is 1. The summed E-state index contributed by atoms with van der Waals surface area (Å²) in [5.74, 6) is 0.186. The molecule has 0 saturated heterocycles. The smallest absolute Gasteiger partial charge is 0.262 e. The van der Waals surface area contributed by atoms with Crippen molar-refractivity contribution in [2.24, 2.45) is 0 Å². The monoisotopic (exact) mass is 293 g/mol. The maximum Gasteiger partial charge on any atom is 0.262 e. The highest BCUT2D eigenvalue weighted by molar-refractivity contribution is 7.22. The van der Waals surface area contributed by atoms with Crippen molar-refractivity contribution in [3.8, 4) is 0 Å². The number of aryl methyl sites for hydroxylation is 1. The third kappa shape index (κ3) is 2.32. The molecular weight excluding hydrogens is 286 g/mol. The van der Waals surface area contributed by atoms with E-state index >= 15 is 0 Å². The van der Waals surface area contributed by atoms with Gasteiger partial charge in [-0.3, -0.25) is 10.1 Å². The van der Waals surface area contributed by atoms with Crippen molar-refractivity contribution >= 4 is 44.2 Å². The second kappa shape index (κ2) is 4.64. The first-order valence-corrected chi connectivity index (χ1v) is 6.61. The van der Waals surface area contributed by atoms with E-state index in [4.69, 9.17) is 16.1 Å². The van der Waals surface area contributed by atoms with Crippen LogP contribution in [0, 0.1) is 6.92 Å². The Hall–Kier alpha value is -1.92. The van der Waals surface area contributed by atoms with Gasteiger partial charge in [-0.25, -0.2) is 4.98 Å². The largest absolute Gasteiger partial charge is 0.361 e. The number of amides is 1. The number of halogens is 1. The number of thiazole rings is 1. The van der Waals surface area contributed by atoms with E-state index in [1.54, 1.807) is 13.0 Å². The fourth-order valence-corrected chi connectivity index (χ4v) is 2.77. The highest BCUT2D eigenvalue weighted by atomic mass is 35.5. The minimum absolute atomic E-state index is 0.288. The molecule has 2 aromatic heterocycles. The van der Waals surface area contributed by atoms with Gasteiger partial charge in [-0.15, -0.1) is 0 Å². The van der Waals surface area contributed by atoms with Crippen LogP contribution in [0.4, 0.5) is 5.13 Å². The van der Waals surface area contributed by atoms with Gasteiger partial charge in [-0.05, 0) is 25.1 Å². The van der Waals surface area contributed by atoms with E-state index in [1.807, 2.05) is 12.1 Å². The van der Waals surface area contributed by atoms with E-state index in [0.29, 0.717) is 21.5 Å². The van der Waals surface area contributed by atoms with Crippen molar-refractivity contribution in [3.63, 3.8) is 0 Å². The van der Waals surface area contributed by atoms with E-state index in [9.17, 15) is 4.79 Å². The Labute approximate surface area is 117 Å². The maximum absolute atomic E-state index is 12.0. The molecule has 3 rings (SSSR count). The number of nitrogens with zero attached hydrogens (tertiary/aromatic N) is 2. The molecule has 0 aliphatic carbocycles. The van der Waals surface area contributed by atoms with Crippen LogP contribution in [0.3, 0.4) is 0 Å². The number of carbonyl (C=O) groups excluding carboxylic acids is 1. The topological polar surface area (TPSA) is 68.0 Å². The quantitative estimate of drug-likeness (QED) is 0.785. The van der Waals surface area contributed by atoms with Gasteiger partial charge < -0.3 is 4.52 Å². The van der Waals surface area contributed by atoms with Crippen LogP contribution in [-0.2, 0) is 0 Å². The van der Waals surface area contributed by atoms with E-state index in [1.165, 1.54) is 17.5 Å². The zero-order valence-electron chi connectivity index (χ0n) is 9.81. The molecule has 96 valence electrons. The normalized spacial score (nSPS) is 10.8. The van der Waals surface area contributed by atoms with E-state index < -0.39 is 0 Å². The van der Waals surface area contributed by atoms with Crippen LogP contribution in [0.25, 0.3) is 10.2 Å². The molecule has 2 heterocycles. The van der Waals surface area contributed by atoms with Gasteiger partial charge in [0.2, 0.25) is 0 Å².